The van der Waals surface area contributed by atoms with Crippen molar-refractivity contribution in [3.63, 3.8) is 0 Å². The van der Waals surface area contributed by atoms with Crippen LogP contribution in [0.5, 0.6) is 0 Å². The van der Waals surface area contributed by atoms with Crippen LogP contribution in [0.1, 0.15) is 30.6 Å². The zero-order chi connectivity index (χ0) is 14.5. The average molecular weight is 273 g/mol. The molecule has 5 heteroatoms. The van der Waals surface area contributed by atoms with Crippen molar-refractivity contribution in [2.24, 2.45) is 0 Å². The zero-order valence-electron chi connectivity index (χ0n) is 11.7. The zero-order valence-corrected chi connectivity index (χ0v) is 11.7. The topological polar surface area (TPSA) is 74.0 Å². The van der Waals surface area contributed by atoms with Crippen LogP contribution < -0.4 is 10.6 Å². The molecular weight excluding hydrogens is 254 g/mol. The van der Waals surface area contributed by atoms with Gasteiger partial charge in [0.05, 0.1) is 0 Å². The van der Waals surface area contributed by atoms with E-state index in [9.17, 15) is 9.59 Å². The molecule has 0 aliphatic heterocycles. The highest BCUT2D eigenvalue weighted by Crippen LogP contribution is 2.14. The van der Waals surface area contributed by atoms with Crippen LogP contribution in [0.15, 0.2) is 30.5 Å². The van der Waals surface area contributed by atoms with E-state index in [0.29, 0.717) is 12.1 Å². The maximum Gasteiger partial charge on any atom is 0.251 e. The van der Waals surface area contributed by atoms with E-state index >= 15 is 0 Å². The molecule has 0 bridgehead atoms. The van der Waals surface area contributed by atoms with Gasteiger partial charge < -0.3 is 15.6 Å². The van der Waals surface area contributed by atoms with Crippen LogP contribution in [0.4, 0.5) is 0 Å². The summed E-state index contributed by atoms with van der Waals surface area (Å²) in [6.07, 6.45) is 2.12. The summed E-state index contributed by atoms with van der Waals surface area (Å²) in [4.78, 5) is 26.5. The number of fused-ring (bicyclic) bond motifs is 1. The molecule has 2 amide bonds. The average Bonchev–Trinajstić information content (AvgIpc) is 2.84. The van der Waals surface area contributed by atoms with Gasteiger partial charge in [0.15, 0.2) is 0 Å². The third kappa shape index (κ3) is 3.60. The molecule has 1 aromatic heterocycles. The maximum absolute atomic E-state index is 12.0. The van der Waals surface area contributed by atoms with E-state index < -0.39 is 0 Å². The Morgan fingerprint density at radius 2 is 2.05 bits per heavy atom. The Labute approximate surface area is 117 Å². The highest BCUT2D eigenvalue weighted by atomic mass is 16.2. The molecule has 0 aliphatic carbocycles. The second kappa shape index (κ2) is 6.23. The van der Waals surface area contributed by atoms with Crippen LogP contribution in [-0.2, 0) is 4.79 Å². The highest BCUT2D eigenvalue weighted by molar-refractivity contribution is 5.98. The molecule has 2 aromatic rings. The number of amides is 2. The van der Waals surface area contributed by atoms with Crippen LogP contribution in [0.2, 0.25) is 0 Å². The molecule has 106 valence electrons. The van der Waals surface area contributed by atoms with Gasteiger partial charge in [-0.05, 0) is 38.1 Å². The lowest BCUT2D eigenvalue weighted by Crippen LogP contribution is -2.34. The van der Waals surface area contributed by atoms with Gasteiger partial charge in [0, 0.05) is 41.7 Å². The summed E-state index contributed by atoms with van der Waals surface area (Å²) in [6.45, 7) is 4.15. The summed E-state index contributed by atoms with van der Waals surface area (Å²) in [5.74, 6) is -0.216. The predicted octanol–water partition coefficient (Wildman–Crippen LogP) is 1.81. The lowest BCUT2D eigenvalue weighted by atomic mass is 10.1. The Morgan fingerprint density at radius 3 is 2.80 bits per heavy atom. The van der Waals surface area contributed by atoms with Crippen molar-refractivity contribution in [1.29, 1.82) is 0 Å². The molecule has 5 nitrogen and oxygen atoms in total. The SMILES string of the molecule is CC(C)NC(=O)CCNC(=O)c1ccc2[nH]ccc2c1. The monoisotopic (exact) mass is 273 g/mol. The Balaban J connectivity index is 1.87. The summed E-state index contributed by atoms with van der Waals surface area (Å²) in [7, 11) is 0. The van der Waals surface area contributed by atoms with Crippen molar-refractivity contribution in [2.45, 2.75) is 26.3 Å². The van der Waals surface area contributed by atoms with Crippen LogP contribution in [-0.4, -0.2) is 29.4 Å². The van der Waals surface area contributed by atoms with Gasteiger partial charge in [-0.15, -0.1) is 0 Å². The Hall–Kier alpha value is -2.30. The maximum atomic E-state index is 12.0. The smallest absolute Gasteiger partial charge is 0.251 e. The summed E-state index contributed by atoms with van der Waals surface area (Å²) >= 11 is 0. The molecule has 0 aliphatic rings. The number of hydrogen-bond donors (Lipinski definition) is 3. The fourth-order valence-corrected chi connectivity index (χ4v) is 1.98. The number of rotatable bonds is 5. The van der Waals surface area contributed by atoms with Crippen LogP contribution >= 0.6 is 0 Å². The molecule has 0 saturated heterocycles. The van der Waals surface area contributed by atoms with Crippen molar-refractivity contribution in [3.05, 3.63) is 36.0 Å². The van der Waals surface area contributed by atoms with E-state index in [0.717, 1.165) is 10.9 Å². The molecule has 0 spiro atoms. The first-order chi connectivity index (χ1) is 9.56. The molecule has 20 heavy (non-hydrogen) atoms. The first-order valence-corrected chi connectivity index (χ1v) is 6.71. The molecule has 1 heterocycles. The fourth-order valence-electron chi connectivity index (χ4n) is 1.98. The van der Waals surface area contributed by atoms with E-state index in [-0.39, 0.29) is 24.3 Å². The third-order valence-corrected chi connectivity index (χ3v) is 2.90. The van der Waals surface area contributed by atoms with E-state index in [2.05, 4.69) is 15.6 Å². The molecule has 0 radical (unpaired) electrons. The van der Waals surface area contributed by atoms with Gasteiger partial charge in [-0.1, -0.05) is 0 Å². The van der Waals surface area contributed by atoms with Gasteiger partial charge in [0.1, 0.15) is 0 Å². The van der Waals surface area contributed by atoms with E-state index in [1.165, 1.54) is 0 Å². The standard InChI is InChI=1S/C15H19N3O2/c1-10(2)18-14(19)6-8-17-15(20)12-3-4-13-11(9-12)5-7-16-13/h3-5,7,9-10,16H,6,8H2,1-2H3,(H,17,20)(H,18,19). The quantitative estimate of drug-likeness (QED) is 0.777. The second-order valence-electron chi connectivity index (χ2n) is 5.01. The minimum absolute atomic E-state index is 0.0543. The minimum Gasteiger partial charge on any atom is -0.361 e. The summed E-state index contributed by atoms with van der Waals surface area (Å²) in [5.41, 5.74) is 1.60. The van der Waals surface area contributed by atoms with E-state index in [1.54, 1.807) is 6.07 Å². The second-order valence-corrected chi connectivity index (χ2v) is 5.01. The normalized spacial score (nSPS) is 10.8. The molecule has 1 aromatic carbocycles. The number of aromatic amines is 1. The molecule has 0 saturated carbocycles. The first kappa shape index (κ1) is 14.1. The lowest BCUT2D eigenvalue weighted by molar-refractivity contribution is -0.121. The van der Waals surface area contributed by atoms with Gasteiger partial charge in [-0.3, -0.25) is 9.59 Å². The molecule has 2 rings (SSSR count). The third-order valence-electron chi connectivity index (χ3n) is 2.90. The predicted molar refractivity (Wildman–Crippen MR) is 78.5 cm³/mol. The minimum atomic E-state index is -0.162. The first-order valence-electron chi connectivity index (χ1n) is 6.71. The van der Waals surface area contributed by atoms with Crippen LogP contribution in [0, 0.1) is 0 Å². The number of carbonyl (C=O) groups excluding carboxylic acids is 2. The summed E-state index contributed by atoms with van der Waals surface area (Å²) in [5, 5.41) is 6.53. The van der Waals surface area contributed by atoms with Gasteiger partial charge >= 0.3 is 0 Å². The van der Waals surface area contributed by atoms with Crippen LogP contribution in [0.3, 0.4) is 0 Å². The lowest BCUT2D eigenvalue weighted by Gasteiger charge is -2.09. The Kier molecular flexibility index (Phi) is 4.40. The molecule has 3 N–H and O–H groups in total. The highest BCUT2D eigenvalue weighted by Gasteiger charge is 2.08. The van der Waals surface area contributed by atoms with Gasteiger partial charge in [0.2, 0.25) is 5.91 Å². The number of hydrogen-bond acceptors (Lipinski definition) is 2. The number of benzene rings is 1. The molecule has 0 unspecified atom stereocenters. The van der Waals surface area contributed by atoms with E-state index in [1.807, 2.05) is 38.2 Å². The van der Waals surface area contributed by atoms with Crippen LogP contribution in [0.25, 0.3) is 10.9 Å². The number of nitrogens with one attached hydrogen (secondary N) is 3. The van der Waals surface area contributed by atoms with Gasteiger partial charge in [-0.25, -0.2) is 0 Å². The van der Waals surface area contributed by atoms with Crippen molar-refractivity contribution < 1.29 is 9.59 Å². The number of carbonyl (C=O) groups is 2. The molecule has 0 atom stereocenters. The Bertz CT molecular complexity index is 616. The Morgan fingerprint density at radius 1 is 1.25 bits per heavy atom. The van der Waals surface area contributed by atoms with E-state index in [4.69, 9.17) is 0 Å². The summed E-state index contributed by atoms with van der Waals surface area (Å²) < 4.78 is 0. The van der Waals surface area contributed by atoms with Gasteiger partial charge in [-0.2, -0.15) is 0 Å². The fraction of sp³-hybridized carbons (Fsp3) is 0.333. The summed E-state index contributed by atoms with van der Waals surface area (Å²) in [6, 6.07) is 7.50. The number of aromatic nitrogens is 1. The van der Waals surface area contributed by atoms with Crippen molar-refractivity contribution >= 4 is 22.7 Å². The molecular formula is C15H19N3O2. The number of H-pyrrole nitrogens is 1. The van der Waals surface area contributed by atoms with Crippen molar-refractivity contribution in [2.75, 3.05) is 6.54 Å². The molecule has 0 fully saturated rings. The largest absolute Gasteiger partial charge is 0.361 e. The van der Waals surface area contributed by atoms with Gasteiger partial charge in [0.25, 0.3) is 5.91 Å². The van der Waals surface area contributed by atoms with Crippen molar-refractivity contribution in [3.8, 4) is 0 Å². The van der Waals surface area contributed by atoms with Crippen molar-refractivity contribution in [1.82, 2.24) is 15.6 Å².